The Hall–Kier alpha value is -1.34. The molecule has 1 aromatic carbocycles. The molecule has 2 heterocycles. The van der Waals surface area contributed by atoms with E-state index in [4.69, 9.17) is 27.9 Å². The summed E-state index contributed by atoms with van der Waals surface area (Å²) in [5.41, 5.74) is -0.264. The van der Waals surface area contributed by atoms with Gasteiger partial charge in [-0.15, -0.1) is 0 Å². The van der Waals surface area contributed by atoms with E-state index >= 15 is 0 Å². The third-order valence-electron chi connectivity index (χ3n) is 6.38. The highest BCUT2D eigenvalue weighted by Gasteiger charge is 2.53. The minimum absolute atomic E-state index is 0.0195. The molecule has 158 valence electrons. The molecule has 1 aliphatic carbocycles. The Labute approximate surface area is 181 Å². The second-order valence-corrected chi connectivity index (χ2v) is 9.08. The van der Waals surface area contributed by atoms with E-state index in [9.17, 15) is 9.59 Å². The zero-order valence-corrected chi connectivity index (χ0v) is 18.2. The van der Waals surface area contributed by atoms with Gasteiger partial charge >= 0.3 is 0 Å². The van der Waals surface area contributed by atoms with Crippen LogP contribution in [0.5, 0.6) is 0 Å². The molecule has 0 unspecified atom stereocenters. The van der Waals surface area contributed by atoms with Crippen molar-refractivity contribution in [1.29, 1.82) is 0 Å². The first kappa shape index (κ1) is 20.9. The summed E-state index contributed by atoms with van der Waals surface area (Å²) in [5.74, 6) is -0.232. The number of hydrogen-bond donors (Lipinski definition) is 0. The summed E-state index contributed by atoms with van der Waals surface area (Å²) in [4.78, 5) is 32.8. The predicted molar refractivity (Wildman–Crippen MR) is 112 cm³/mol. The topological polar surface area (TPSA) is 53.1 Å². The number of piperazine rings is 1. The van der Waals surface area contributed by atoms with E-state index in [-0.39, 0.29) is 18.4 Å². The van der Waals surface area contributed by atoms with Crippen molar-refractivity contribution < 1.29 is 14.3 Å². The van der Waals surface area contributed by atoms with Gasteiger partial charge in [0.15, 0.2) is 0 Å². The zero-order valence-electron chi connectivity index (χ0n) is 16.7. The average molecular weight is 440 g/mol. The summed E-state index contributed by atoms with van der Waals surface area (Å²) in [6.07, 6.45) is 4.61. The number of rotatable bonds is 2. The lowest BCUT2D eigenvalue weighted by atomic mass is 9.89. The van der Waals surface area contributed by atoms with Crippen LogP contribution >= 0.6 is 23.2 Å². The zero-order chi connectivity index (χ0) is 20.6. The summed E-state index contributed by atoms with van der Waals surface area (Å²) >= 11 is 12.2. The fourth-order valence-electron chi connectivity index (χ4n) is 4.67. The predicted octanol–water partition coefficient (Wildman–Crippen LogP) is 3.27. The van der Waals surface area contributed by atoms with Crippen LogP contribution in [-0.2, 0) is 9.53 Å². The molecule has 2 amide bonds. The lowest BCUT2D eigenvalue weighted by Crippen LogP contribution is -2.58. The van der Waals surface area contributed by atoms with Crippen molar-refractivity contribution in [1.82, 2.24) is 14.7 Å². The van der Waals surface area contributed by atoms with Crippen LogP contribution in [0.2, 0.25) is 10.0 Å². The number of amides is 2. The van der Waals surface area contributed by atoms with Gasteiger partial charge in [-0.2, -0.15) is 0 Å². The number of carbonyl (C=O) groups excluding carboxylic acids is 2. The molecule has 8 heteroatoms. The standard InChI is InChI=1S/C21H27Cl2N3O3/c1-24-9-11-25(12-10-24)20(28)18-14-29-21(7-3-2-4-8-21)26(18)19(27)15-5-6-16(22)17(23)13-15/h5-6,13,18H,2-4,7-12,14H2,1H3/t18-/m0/s1. The number of carbonyl (C=O) groups is 2. The van der Waals surface area contributed by atoms with E-state index in [0.29, 0.717) is 28.7 Å². The van der Waals surface area contributed by atoms with Crippen LogP contribution in [0.1, 0.15) is 42.5 Å². The van der Waals surface area contributed by atoms with Gasteiger partial charge in [0.25, 0.3) is 5.91 Å². The van der Waals surface area contributed by atoms with Gasteiger partial charge < -0.3 is 14.5 Å². The molecule has 0 radical (unpaired) electrons. The highest BCUT2D eigenvalue weighted by Crippen LogP contribution is 2.42. The molecule has 1 aromatic rings. The van der Waals surface area contributed by atoms with Crippen molar-refractivity contribution in [3.8, 4) is 0 Å². The maximum absolute atomic E-state index is 13.6. The van der Waals surface area contributed by atoms with E-state index in [1.807, 2.05) is 4.90 Å². The van der Waals surface area contributed by atoms with Gasteiger partial charge in [-0.25, -0.2) is 0 Å². The molecule has 3 aliphatic rings. The molecular formula is C21H27Cl2N3O3. The van der Waals surface area contributed by atoms with Gasteiger partial charge in [0, 0.05) is 31.7 Å². The molecule has 0 aromatic heterocycles. The van der Waals surface area contributed by atoms with Crippen LogP contribution in [0.15, 0.2) is 18.2 Å². The average Bonchev–Trinajstić information content (AvgIpc) is 3.08. The number of ether oxygens (including phenoxy) is 1. The summed E-state index contributed by atoms with van der Waals surface area (Å²) < 4.78 is 6.22. The molecule has 6 nitrogen and oxygen atoms in total. The van der Waals surface area contributed by atoms with Gasteiger partial charge in [0.2, 0.25) is 5.91 Å². The number of benzene rings is 1. The molecule has 0 bridgehead atoms. The number of halogens is 2. The van der Waals surface area contributed by atoms with Gasteiger partial charge in [-0.3, -0.25) is 14.5 Å². The number of nitrogens with zero attached hydrogens (tertiary/aromatic N) is 3. The molecule has 3 fully saturated rings. The third kappa shape index (κ3) is 4.00. The van der Waals surface area contributed by atoms with Crippen molar-refractivity contribution in [3.63, 3.8) is 0 Å². The molecule has 2 saturated heterocycles. The Bertz CT molecular complexity index is 789. The minimum Gasteiger partial charge on any atom is -0.353 e. The summed E-state index contributed by atoms with van der Waals surface area (Å²) in [6.45, 7) is 3.27. The fourth-order valence-corrected chi connectivity index (χ4v) is 4.96. The van der Waals surface area contributed by atoms with Crippen molar-refractivity contribution in [2.45, 2.75) is 43.9 Å². The first-order valence-electron chi connectivity index (χ1n) is 10.3. The molecule has 1 spiro atoms. The quantitative estimate of drug-likeness (QED) is 0.709. The second kappa shape index (κ2) is 8.42. The number of likely N-dealkylation sites (N-methyl/N-ethyl adjacent to an activating group) is 1. The van der Waals surface area contributed by atoms with Crippen LogP contribution in [0.4, 0.5) is 0 Å². The van der Waals surface area contributed by atoms with E-state index < -0.39 is 11.8 Å². The lowest BCUT2D eigenvalue weighted by molar-refractivity contribution is -0.138. The van der Waals surface area contributed by atoms with E-state index in [2.05, 4.69) is 11.9 Å². The molecular weight excluding hydrogens is 413 g/mol. The first-order chi connectivity index (χ1) is 13.9. The van der Waals surface area contributed by atoms with Crippen LogP contribution < -0.4 is 0 Å². The maximum Gasteiger partial charge on any atom is 0.256 e. The van der Waals surface area contributed by atoms with E-state index in [1.165, 1.54) is 0 Å². The SMILES string of the molecule is CN1CCN(C(=O)[C@@H]2COC3(CCCCC3)N2C(=O)c2ccc(Cl)c(Cl)c2)CC1. The summed E-state index contributed by atoms with van der Waals surface area (Å²) in [6, 6.07) is 4.28. The monoisotopic (exact) mass is 439 g/mol. The van der Waals surface area contributed by atoms with Crippen molar-refractivity contribution in [3.05, 3.63) is 33.8 Å². The van der Waals surface area contributed by atoms with Crippen molar-refractivity contribution in [2.24, 2.45) is 0 Å². The smallest absolute Gasteiger partial charge is 0.256 e. The van der Waals surface area contributed by atoms with E-state index in [1.54, 1.807) is 23.1 Å². The van der Waals surface area contributed by atoms with Gasteiger partial charge in [0.1, 0.15) is 11.8 Å². The normalized spacial score (nSPS) is 24.9. The summed E-state index contributed by atoms with van der Waals surface area (Å²) in [5, 5.41) is 0.732. The fraction of sp³-hybridized carbons (Fsp3) is 0.619. The maximum atomic E-state index is 13.6. The molecule has 2 aliphatic heterocycles. The molecule has 29 heavy (non-hydrogen) atoms. The Kier molecular flexibility index (Phi) is 6.07. The van der Waals surface area contributed by atoms with Gasteiger partial charge in [-0.1, -0.05) is 29.6 Å². The first-order valence-corrected chi connectivity index (χ1v) is 11.1. The van der Waals surface area contributed by atoms with Crippen LogP contribution in [-0.4, -0.2) is 78.1 Å². The van der Waals surface area contributed by atoms with Crippen LogP contribution in [0.25, 0.3) is 0 Å². The Morgan fingerprint density at radius 1 is 1.03 bits per heavy atom. The Balaban J connectivity index is 1.64. The second-order valence-electron chi connectivity index (χ2n) is 8.27. The van der Waals surface area contributed by atoms with Gasteiger partial charge in [0.05, 0.1) is 16.7 Å². The van der Waals surface area contributed by atoms with Crippen LogP contribution in [0, 0.1) is 0 Å². The molecule has 4 rings (SSSR count). The Morgan fingerprint density at radius 2 is 1.72 bits per heavy atom. The van der Waals surface area contributed by atoms with E-state index in [0.717, 1.165) is 45.2 Å². The van der Waals surface area contributed by atoms with Gasteiger partial charge in [-0.05, 0) is 50.9 Å². The molecule has 0 N–H and O–H groups in total. The van der Waals surface area contributed by atoms with Crippen LogP contribution in [0.3, 0.4) is 0 Å². The lowest BCUT2D eigenvalue weighted by Gasteiger charge is -2.42. The minimum atomic E-state index is -0.700. The highest BCUT2D eigenvalue weighted by molar-refractivity contribution is 6.42. The summed E-state index contributed by atoms with van der Waals surface area (Å²) in [7, 11) is 2.05. The highest BCUT2D eigenvalue weighted by atomic mass is 35.5. The third-order valence-corrected chi connectivity index (χ3v) is 7.12. The largest absolute Gasteiger partial charge is 0.353 e. The van der Waals surface area contributed by atoms with Crippen molar-refractivity contribution in [2.75, 3.05) is 39.8 Å². The van der Waals surface area contributed by atoms with Crippen molar-refractivity contribution >= 4 is 35.0 Å². The molecule has 1 atom stereocenters. The molecule has 1 saturated carbocycles. The Morgan fingerprint density at radius 3 is 2.38 bits per heavy atom. The number of hydrogen-bond acceptors (Lipinski definition) is 4.